The van der Waals surface area contributed by atoms with Crippen LogP contribution in [0.3, 0.4) is 0 Å². The van der Waals surface area contributed by atoms with Crippen LogP contribution in [0, 0.1) is 0 Å². The Bertz CT molecular complexity index is 438. The molecule has 3 atom stereocenters. The van der Waals surface area contributed by atoms with E-state index < -0.39 is 25.8 Å². The molecular formula is C16H30O4Si. The molecule has 0 radical (unpaired) electrons. The number of rotatable bonds is 2. The lowest BCUT2D eigenvalue weighted by Gasteiger charge is -2.42. The molecule has 2 rings (SSSR count). The first kappa shape index (κ1) is 17.1. The van der Waals surface area contributed by atoms with Crippen molar-refractivity contribution < 1.29 is 18.7 Å². The molecule has 1 heterocycles. The lowest BCUT2D eigenvalue weighted by molar-refractivity contribution is -0.177. The third kappa shape index (κ3) is 2.85. The molecule has 21 heavy (non-hydrogen) atoms. The van der Waals surface area contributed by atoms with Gasteiger partial charge >= 0.3 is 0 Å². The van der Waals surface area contributed by atoms with Gasteiger partial charge in [0.1, 0.15) is 11.7 Å². The monoisotopic (exact) mass is 314 g/mol. The fraction of sp³-hybridized carbons (Fsp3) is 0.938. The van der Waals surface area contributed by atoms with Crippen molar-refractivity contribution in [3.8, 4) is 0 Å². The standard InChI is InChI=1S/C16H30O4Si/c1-11-16(20-15(5,6)18-11)10-9-12(17)13(16)19-21(7,8)14(2,3)4/h11,13H,9-10H2,1-8H3/t11-,13-,16-/m1/s1. The Morgan fingerprint density at radius 1 is 1.29 bits per heavy atom. The van der Waals surface area contributed by atoms with Crippen molar-refractivity contribution in [1.82, 2.24) is 0 Å². The first-order valence-corrected chi connectivity index (χ1v) is 10.8. The molecule has 0 aromatic carbocycles. The maximum Gasteiger partial charge on any atom is 0.193 e. The highest BCUT2D eigenvalue weighted by Crippen LogP contribution is 2.49. The average molecular weight is 314 g/mol. The summed E-state index contributed by atoms with van der Waals surface area (Å²) in [6.07, 6.45) is 0.586. The maximum atomic E-state index is 12.5. The second kappa shape index (κ2) is 4.88. The zero-order chi connectivity index (χ0) is 16.3. The molecular weight excluding hydrogens is 284 g/mol. The number of Topliss-reactive ketones (excluding diaryl/α,β-unsaturated/α-hetero) is 1. The summed E-state index contributed by atoms with van der Waals surface area (Å²) in [6.45, 7) is 16.7. The second-order valence-electron chi connectivity index (χ2n) is 8.44. The van der Waals surface area contributed by atoms with Gasteiger partial charge in [-0.25, -0.2) is 0 Å². The zero-order valence-electron chi connectivity index (χ0n) is 14.7. The van der Waals surface area contributed by atoms with Crippen molar-refractivity contribution in [2.45, 2.75) is 96.1 Å². The maximum absolute atomic E-state index is 12.5. The van der Waals surface area contributed by atoms with Gasteiger partial charge in [0, 0.05) is 6.42 Å². The molecule has 0 N–H and O–H groups in total. The fourth-order valence-corrected chi connectivity index (χ4v) is 4.37. The third-order valence-electron chi connectivity index (χ3n) is 5.30. The van der Waals surface area contributed by atoms with Crippen molar-refractivity contribution >= 4 is 14.1 Å². The molecule has 1 saturated heterocycles. The van der Waals surface area contributed by atoms with Crippen molar-refractivity contribution in [3.63, 3.8) is 0 Å². The van der Waals surface area contributed by atoms with Crippen LogP contribution in [0.4, 0.5) is 0 Å². The molecule has 1 aliphatic carbocycles. The first-order valence-electron chi connectivity index (χ1n) is 7.89. The van der Waals surface area contributed by atoms with Crippen LogP contribution >= 0.6 is 0 Å². The second-order valence-corrected chi connectivity index (χ2v) is 13.2. The molecule has 1 aliphatic heterocycles. The predicted octanol–water partition coefficient (Wildman–Crippen LogP) is 3.65. The van der Waals surface area contributed by atoms with E-state index in [1.807, 2.05) is 20.8 Å². The number of ether oxygens (including phenoxy) is 2. The topological polar surface area (TPSA) is 44.8 Å². The zero-order valence-corrected chi connectivity index (χ0v) is 15.7. The van der Waals surface area contributed by atoms with E-state index >= 15 is 0 Å². The number of carbonyl (C=O) groups excluding carboxylic acids is 1. The van der Waals surface area contributed by atoms with Crippen molar-refractivity contribution in [2.24, 2.45) is 0 Å². The SMILES string of the molecule is C[C@H]1OC(C)(C)O[C@]12CCC(=O)[C@H]2O[Si](C)(C)C(C)(C)C. The van der Waals surface area contributed by atoms with E-state index in [1.165, 1.54) is 0 Å². The summed E-state index contributed by atoms with van der Waals surface area (Å²) in [5.41, 5.74) is -0.615. The van der Waals surface area contributed by atoms with E-state index in [0.717, 1.165) is 0 Å². The van der Waals surface area contributed by atoms with Gasteiger partial charge in [0.2, 0.25) is 0 Å². The summed E-state index contributed by atoms with van der Waals surface area (Å²) in [7, 11) is -2.04. The van der Waals surface area contributed by atoms with E-state index in [9.17, 15) is 4.79 Å². The number of ketones is 1. The molecule has 5 heteroatoms. The molecule has 0 bridgehead atoms. The van der Waals surface area contributed by atoms with Gasteiger partial charge < -0.3 is 13.9 Å². The predicted molar refractivity (Wildman–Crippen MR) is 84.8 cm³/mol. The largest absolute Gasteiger partial charge is 0.404 e. The number of carbonyl (C=O) groups is 1. The van der Waals surface area contributed by atoms with Crippen LogP contribution in [0.25, 0.3) is 0 Å². The van der Waals surface area contributed by atoms with Crippen LogP contribution in [0.1, 0.15) is 54.4 Å². The van der Waals surface area contributed by atoms with Crippen LogP contribution < -0.4 is 0 Å². The minimum atomic E-state index is -2.04. The molecule has 2 aliphatic rings. The Balaban J connectivity index is 2.31. The van der Waals surface area contributed by atoms with Gasteiger partial charge in [0.25, 0.3) is 0 Å². The Morgan fingerprint density at radius 2 is 1.86 bits per heavy atom. The van der Waals surface area contributed by atoms with Crippen LogP contribution in [0.2, 0.25) is 18.1 Å². The molecule has 0 aromatic rings. The minimum Gasteiger partial charge on any atom is -0.404 e. The van der Waals surface area contributed by atoms with Crippen LogP contribution in [-0.2, 0) is 18.7 Å². The van der Waals surface area contributed by atoms with Crippen molar-refractivity contribution in [1.29, 1.82) is 0 Å². The summed E-state index contributed by atoms with van der Waals surface area (Å²) in [6, 6.07) is 0. The lowest BCUT2D eigenvalue weighted by Crippen LogP contribution is -2.55. The van der Waals surface area contributed by atoms with Crippen LogP contribution in [-0.4, -0.2) is 37.7 Å². The Labute approximate surface area is 129 Å². The van der Waals surface area contributed by atoms with Gasteiger partial charge in [-0.05, 0) is 45.3 Å². The Morgan fingerprint density at radius 3 is 2.29 bits per heavy atom. The summed E-state index contributed by atoms with van der Waals surface area (Å²) >= 11 is 0. The van der Waals surface area contributed by atoms with Gasteiger partial charge in [-0.1, -0.05) is 20.8 Å². The summed E-state index contributed by atoms with van der Waals surface area (Å²) in [5, 5.41) is 0.0648. The number of hydrogen-bond acceptors (Lipinski definition) is 4. The molecule has 122 valence electrons. The highest BCUT2D eigenvalue weighted by Gasteiger charge is 2.62. The van der Waals surface area contributed by atoms with Gasteiger partial charge in [-0.2, -0.15) is 0 Å². The third-order valence-corrected chi connectivity index (χ3v) is 9.74. The fourth-order valence-electron chi connectivity index (χ4n) is 3.10. The Kier molecular flexibility index (Phi) is 3.98. The van der Waals surface area contributed by atoms with E-state index in [-0.39, 0.29) is 16.9 Å². The van der Waals surface area contributed by atoms with Gasteiger partial charge in [0.05, 0.1) is 6.10 Å². The molecule has 1 saturated carbocycles. The summed E-state index contributed by atoms with van der Waals surface area (Å²) < 4.78 is 18.6. The first-order chi connectivity index (χ1) is 9.31. The van der Waals surface area contributed by atoms with Crippen LogP contribution in [0.5, 0.6) is 0 Å². The van der Waals surface area contributed by atoms with E-state index in [0.29, 0.717) is 12.8 Å². The summed E-state index contributed by atoms with van der Waals surface area (Å²) in [4.78, 5) is 12.5. The molecule has 0 unspecified atom stereocenters. The van der Waals surface area contributed by atoms with E-state index in [1.54, 1.807) is 0 Å². The molecule has 4 nitrogen and oxygen atoms in total. The minimum absolute atomic E-state index is 0.0648. The molecule has 1 spiro atoms. The van der Waals surface area contributed by atoms with Gasteiger partial charge in [0.15, 0.2) is 19.9 Å². The number of hydrogen-bond donors (Lipinski definition) is 0. The molecule has 0 aromatic heterocycles. The average Bonchev–Trinajstić information content (AvgIpc) is 2.68. The van der Waals surface area contributed by atoms with Crippen LogP contribution in [0.15, 0.2) is 0 Å². The van der Waals surface area contributed by atoms with Gasteiger partial charge in [-0.3, -0.25) is 4.79 Å². The smallest absolute Gasteiger partial charge is 0.193 e. The van der Waals surface area contributed by atoms with Crippen molar-refractivity contribution in [2.75, 3.05) is 0 Å². The molecule has 0 amide bonds. The summed E-state index contributed by atoms with van der Waals surface area (Å²) in [5.74, 6) is -0.494. The quantitative estimate of drug-likeness (QED) is 0.730. The van der Waals surface area contributed by atoms with Crippen molar-refractivity contribution in [3.05, 3.63) is 0 Å². The highest BCUT2D eigenvalue weighted by molar-refractivity contribution is 6.74. The van der Waals surface area contributed by atoms with E-state index in [2.05, 4.69) is 33.9 Å². The normalized spacial score (nSPS) is 36.7. The lowest BCUT2D eigenvalue weighted by atomic mass is 9.94. The highest BCUT2D eigenvalue weighted by atomic mass is 28.4. The van der Waals surface area contributed by atoms with E-state index in [4.69, 9.17) is 13.9 Å². The molecule has 2 fully saturated rings. The Hall–Kier alpha value is -0.233. The van der Waals surface area contributed by atoms with Gasteiger partial charge in [-0.15, -0.1) is 0 Å².